The molecular formula is C8H4BrClF4. The second-order valence-corrected chi connectivity index (χ2v) is 3.59. The van der Waals surface area contributed by atoms with Crippen LogP contribution in [0.1, 0.15) is 11.1 Å². The zero-order valence-corrected chi connectivity index (χ0v) is 8.97. The zero-order chi connectivity index (χ0) is 10.9. The Morgan fingerprint density at radius 2 is 1.86 bits per heavy atom. The molecule has 0 saturated heterocycles. The second kappa shape index (κ2) is 4.06. The Labute approximate surface area is 91.0 Å². The molecule has 0 aliphatic carbocycles. The van der Waals surface area contributed by atoms with Crippen LogP contribution >= 0.6 is 27.5 Å². The van der Waals surface area contributed by atoms with Gasteiger partial charge in [-0.15, -0.1) is 11.6 Å². The summed E-state index contributed by atoms with van der Waals surface area (Å²) in [6.45, 7) is 0. The van der Waals surface area contributed by atoms with Crippen LogP contribution in [0.25, 0.3) is 0 Å². The Morgan fingerprint density at radius 1 is 1.29 bits per heavy atom. The molecule has 14 heavy (non-hydrogen) atoms. The van der Waals surface area contributed by atoms with Crippen molar-refractivity contribution in [2.45, 2.75) is 12.1 Å². The van der Waals surface area contributed by atoms with Gasteiger partial charge >= 0.3 is 6.18 Å². The summed E-state index contributed by atoms with van der Waals surface area (Å²) in [6.07, 6.45) is -4.56. The maximum absolute atomic E-state index is 13.2. The number of hydrogen-bond acceptors (Lipinski definition) is 0. The van der Waals surface area contributed by atoms with Crippen LogP contribution in [0.15, 0.2) is 16.6 Å². The van der Waals surface area contributed by atoms with Crippen LogP contribution in [0.3, 0.4) is 0 Å². The smallest absolute Gasteiger partial charge is 0.205 e. The molecule has 0 spiro atoms. The lowest BCUT2D eigenvalue weighted by Gasteiger charge is -2.10. The molecule has 0 aliphatic heterocycles. The predicted molar refractivity (Wildman–Crippen MR) is 48.7 cm³/mol. The van der Waals surface area contributed by atoms with E-state index in [0.717, 1.165) is 12.1 Å². The molecule has 0 saturated carbocycles. The van der Waals surface area contributed by atoms with E-state index in [0.29, 0.717) is 0 Å². The fourth-order valence-corrected chi connectivity index (χ4v) is 1.73. The Bertz CT molecular complexity index is 348. The Kier molecular flexibility index (Phi) is 3.42. The minimum Gasteiger partial charge on any atom is -0.205 e. The summed E-state index contributed by atoms with van der Waals surface area (Å²) in [7, 11) is 0. The highest BCUT2D eigenvalue weighted by Crippen LogP contribution is 2.37. The SMILES string of the molecule is Fc1c(CCl)ccc(C(F)(F)F)c1Br. The van der Waals surface area contributed by atoms with Crippen molar-refractivity contribution in [2.24, 2.45) is 0 Å². The maximum atomic E-state index is 13.2. The molecule has 0 unspecified atom stereocenters. The first-order valence-corrected chi connectivity index (χ1v) is 4.80. The van der Waals surface area contributed by atoms with Crippen molar-refractivity contribution in [3.63, 3.8) is 0 Å². The van der Waals surface area contributed by atoms with Crippen LogP contribution < -0.4 is 0 Å². The number of benzene rings is 1. The molecule has 0 heterocycles. The fraction of sp³-hybridized carbons (Fsp3) is 0.250. The Balaban J connectivity index is 3.31. The minimum absolute atomic E-state index is 0.0338. The van der Waals surface area contributed by atoms with Gasteiger partial charge in [-0.3, -0.25) is 0 Å². The molecule has 0 nitrogen and oxygen atoms in total. The average Bonchev–Trinajstić information content (AvgIpc) is 2.07. The van der Waals surface area contributed by atoms with E-state index in [2.05, 4.69) is 15.9 Å². The maximum Gasteiger partial charge on any atom is 0.417 e. The van der Waals surface area contributed by atoms with Crippen LogP contribution in [0.4, 0.5) is 17.6 Å². The van der Waals surface area contributed by atoms with Crippen molar-refractivity contribution in [3.8, 4) is 0 Å². The van der Waals surface area contributed by atoms with Crippen LogP contribution in [-0.4, -0.2) is 0 Å². The zero-order valence-electron chi connectivity index (χ0n) is 6.63. The molecule has 78 valence electrons. The van der Waals surface area contributed by atoms with E-state index < -0.39 is 22.0 Å². The van der Waals surface area contributed by atoms with Crippen molar-refractivity contribution in [3.05, 3.63) is 33.5 Å². The summed E-state index contributed by atoms with van der Waals surface area (Å²) in [5, 5.41) is 0. The van der Waals surface area contributed by atoms with Gasteiger partial charge in [0.1, 0.15) is 5.82 Å². The van der Waals surface area contributed by atoms with E-state index in [1.165, 1.54) is 0 Å². The quantitative estimate of drug-likeness (QED) is 0.533. The highest BCUT2D eigenvalue weighted by Gasteiger charge is 2.34. The highest BCUT2D eigenvalue weighted by molar-refractivity contribution is 9.10. The first kappa shape index (κ1) is 11.8. The summed E-state index contributed by atoms with van der Waals surface area (Å²) in [6, 6.07) is 1.82. The van der Waals surface area contributed by atoms with Crippen molar-refractivity contribution < 1.29 is 17.6 Å². The molecule has 0 fully saturated rings. The van der Waals surface area contributed by atoms with Gasteiger partial charge in [-0.25, -0.2) is 4.39 Å². The summed E-state index contributed by atoms with van der Waals surface area (Å²) in [5.74, 6) is -1.13. The van der Waals surface area contributed by atoms with E-state index in [9.17, 15) is 17.6 Å². The largest absolute Gasteiger partial charge is 0.417 e. The van der Waals surface area contributed by atoms with Crippen molar-refractivity contribution in [2.75, 3.05) is 0 Å². The predicted octanol–water partition coefficient (Wildman–Crippen LogP) is 4.35. The molecule has 1 aromatic carbocycles. The lowest BCUT2D eigenvalue weighted by molar-refractivity contribution is -0.138. The monoisotopic (exact) mass is 290 g/mol. The molecule has 1 rings (SSSR count). The van der Waals surface area contributed by atoms with Gasteiger partial charge in [-0.2, -0.15) is 13.2 Å². The van der Waals surface area contributed by atoms with E-state index in [1.54, 1.807) is 0 Å². The normalized spacial score (nSPS) is 11.9. The minimum atomic E-state index is -4.56. The van der Waals surface area contributed by atoms with E-state index >= 15 is 0 Å². The Morgan fingerprint density at radius 3 is 2.29 bits per heavy atom. The summed E-state index contributed by atoms with van der Waals surface area (Å²) in [5.41, 5.74) is -1.00. The van der Waals surface area contributed by atoms with Gasteiger partial charge in [0.05, 0.1) is 15.9 Å². The van der Waals surface area contributed by atoms with Gasteiger partial charge < -0.3 is 0 Å². The topological polar surface area (TPSA) is 0 Å². The molecule has 1 aromatic rings. The Hall–Kier alpha value is -0.290. The lowest BCUT2D eigenvalue weighted by atomic mass is 10.1. The third-order valence-electron chi connectivity index (χ3n) is 1.61. The van der Waals surface area contributed by atoms with Gasteiger partial charge in [0.25, 0.3) is 0 Å². The van der Waals surface area contributed by atoms with Gasteiger partial charge in [0.2, 0.25) is 0 Å². The molecule has 0 bridgehead atoms. The third-order valence-corrected chi connectivity index (χ3v) is 2.67. The summed E-state index contributed by atoms with van der Waals surface area (Å²) < 4.78 is 49.3. The van der Waals surface area contributed by atoms with Crippen molar-refractivity contribution in [1.29, 1.82) is 0 Å². The molecule has 0 aromatic heterocycles. The van der Waals surface area contributed by atoms with Crippen molar-refractivity contribution in [1.82, 2.24) is 0 Å². The highest BCUT2D eigenvalue weighted by atomic mass is 79.9. The first-order valence-electron chi connectivity index (χ1n) is 3.48. The summed E-state index contributed by atoms with van der Waals surface area (Å²) >= 11 is 7.88. The standard InChI is InChI=1S/C8H4BrClF4/c9-6-5(8(12,13)14)2-1-4(3-10)7(6)11/h1-2H,3H2. The van der Waals surface area contributed by atoms with Crippen LogP contribution in [-0.2, 0) is 12.1 Å². The molecule has 0 amide bonds. The van der Waals surface area contributed by atoms with Crippen molar-refractivity contribution >= 4 is 27.5 Å². The van der Waals surface area contributed by atoms with E-state index in [4.69, 9.17) is 11.6 Å². The number of rotatable bonds is 1. The second-order valence-electron chi connectivity index (χ2n) is 2.53. The number of alkyl halides is 4. The third kappa shape index (κ3) is 2.20. The molecule has 6 heteroatoms. The van der Waals surface area contributed by atoms with Gasteiger partial charge in [0.15, 0.2) is 0 Å². The van der Waals surface area contributed by atoms with Gasteiger partial charge in [0, 0.05) is 5.56 Å². The average molecular weight is 291 g/mol. The first-order chi connectivity index (χ1) is 6.38. The number of halogens is 6. The van der Waals surface area contributed by atoms with E-state index in [-0.39, 0.29) is 11.4 Å². The van der Waals surface area contributed by atoms with E-state index in [1.807, 2.05) is 0 Å². The lowest BCUT2D eigenvalue weighted by Crippen LogP contribution is -2.08. The van der Waals surface area contributed by atoms with Gasteiger partial charge in [-0.1, -0.05) is 6.07 Å². The van der Waals surface area contributed by atoms with Gasteiger partial charge in [-0.05, 0) is 22.0 Å². The molecule has 0 radical (unpaired) electrons. The van der Waals surface area contributed by atoms with Crippen LogP contribution in [0.2, 0.25) is 0 Å². The molecule has 0 atom stereocenters. The van der Waals surface area contributed by atoms with Crippen LogP contribution in [0, 0.1) is 5.82 Å². The summed E-state index contributed by atoms with van der Waals surface area (Å²) in [4.78, 5) is 0. The number of hydrogen-bond donors (Lipinski definition) is 0. The molecule has 0 aliphatic rings. The van der Waals surface area contributed by atoms with Crippen LogP contribution in [0.5, 0.6) is 0 Å². The fourth-order valence-electron chi connectivity index (χ4n) is 0.912. The molecule has 0 N–H and O–H groups in total. The molecular weight excluding hydrogens is 287 g/mol.